The van der Waals surface area contributed by atoms with E-state index in [0.29, 0.717) is 17.8 Å². The fraction of sp³-hybridized carbons (Fsp3) is 0.333. The summed E-state index contributed by atoms with van der Waals surface area (Å²) in [4.78, 5) is 12.3. The first-order chi connectivity index (χ1) is 15.5. The zero-order chi connectivity index (χ0) is 22.7. The molecule has 0 saturated heterocycles. The van der Waals surface area contributed by atoms with Crippen molar-refractivity contribution in [2.24, 2.45) is 11.7 Å². The first-order valence-corrected chi connectivity index (χ1v) is 11.0. The van der Waals surface area contributed by atoms with Gasteiger partial charge >= 0.3 is 0 Å². The molecule has 0 bridgehead atoms. The molecule has 8 nitrogen and oxygen atoms in total. The Labute approximate surface area is 187 Å². The van der Waals surface area contributed by atoms with Crippen LogP contribution in [0, 0.1) is 5.92 Å². The number of nitrogens with zero attached hydrogens (tertiary/aromatic N) is 4. The van der Waals surface area contributed by atoms with Gasteiger partial charge in [-0.05, 0) is 34.2 Å². The number of nitrogens with two attached hydrogens (primary N) is 1. The highest BCUT2D eigenvalue weighted by atomic mass is 16.1. The molecule has 0 aliphatic carbocycles. The lowest BCUT2D eigenvalue weighted by atomic mass is 9.93. The zero-order valence-corrected chi connectivity index (χ0v) is 18.7. The van der Waals surface area contributed by atoms with E-state index in [1.54, 1.807) is 0 Å². The predicted octanol–water partition coefficient (Wildman–Crippen LogP) is 3.07. The van der Waals surface area contributed by atoms with Gasteiger partial charge in [-0.25, -0.2) is 5.43 Å². The Kier molecular flexibility index (Phi) is 6.32. The number of hydrazine groups is 1. The molecule has 1 amide bonds. The first-order valence-electron chi connectivity index (χ1n) is 11.0. The molecule has 1 unspecified atom stereocenters. The minimum atomic E-state index is -0.351. The third kappa shape index (κ3) is 4.27. The fourth-order valence-electron chi connectivity index (χ4n) is 4.23. The smallest absolute Gasteiger partial charge is 0.248 e. The number of rotatable bonds is 8. The molecule has 1 aromatic heterocycles. The molecule has 32 heavy (non-hydrogen) atoms. The average molecular weight is 432 g/mol. The van der Waals surface area contributed by atoms with Crippen LogP contribution in [0.4, 0.5) is 0 Å². The van der Waals surface area contributed by atoms with E-state index in [1.165, 1.54) is 0 Å². The van der Waals surface area contributed by atoms with Crippen LogP contribution in [0.25, 0.3) is 22.5 Å². The van der Waals surface area contributed by atoms with Crippen molar-refractivity contribution in [1.82, 2.24) is 31.1 Å². The summed E-state index contributed by atoms with van der Waals surface area (Å²) in [5.41, 5.74) is 15.1. The van der Waals surface area contributed by atoms with Gasteiger partial charge in [-0.15, -0.1) is 10.2 Å². The van der Waals surface area contributed by atoms with E-state index in [2.05, 4.69) is 76.1 Å². The van der Waals surface area contributed by atoms with Gasteiger partial charge in [0.15, 0.2) is 0 Å². The number of aromatic nitrogens is 4. The van der Waals surface area contributed by atoms with E-state index in [0.717, 1.165) is 40.9 Å². The molecule has 3 aromatic rings. The highest BCUT2D eigenvalue weighted by Gasteiger charge is 2.35. The van der Waals surface area contributed by atoms with Gasteiger partial charge in [0.05, 0.1) is 11.6 Å². The van der Waals surface area contributed by atoms with E-state index >= 15 is 0 Å². The second kappa shape index (κ2) is 9.32. The summed E-state index contributed by atoms with van der Waals surface area (Å²) in [6.45, 7) is 7.15. The lowest BCUT2D eigenvalue weighted by molar-refractivity contribution is -0.114. The number of amides is 1. The summed E-state index contributed by atoms with van der Waals surface area (Å²) in [7, 11) is 0. The topological polar surface area (TPSA) is 113 Å². The predicted molar refractivity (Wildman–Crippen MR) is 124 cm³/mol. The van der Waals surface area contributed by atoms with Crippen LogP contribution in [0.1, 0.15) is 32.8 Å². The molecule has 1 aliphatic rings. The van der Waals surface area contributed by atoms with Crippen LogP contribution >= 0.6 is 0 Å². The number of tetrazole rings is 1. The lowest BCUT2D eigenvalue weighted by Crippen LogP contribution is -2.41. The summed E-state index contributed by atoms with van der Waals surface area (Å²) in [6.07, 6.45) is 1.61. The number of H-pyrrole nitrogens is 1. The molecular weight excluding hydrogens is 402 g/mol. The minimum absolute atomic E-state index is 0.0600. The second-order valence-corrected chi connectivity index (χ2v) is 8.38. The summed E-state index contributed by atoms with van der Waals surface area (Å²) in [6, 6.07) is 16.3. The highest BCUT2D eigenvalue weighted by molar-refractivity contribution is 5.94. The Morgan fingerprint density at radius 1 is 1.12 bits per heavy atom. The molecule has 1 aliphatic heterocycles. The Bertz CT molecular complexity index is 1100. The molecule has 2 heterocycles. The summed E-state index contributed by atoms with van der Waals surface area (Å²) >= 11 is 0. The maximum atomic E-state index is 12.3. The van der Waals surface area contributed by atoms with Gasteiger partial charge in [-0.2, -0.15) is 5.21 Å². The van der Waals surface area contributed by atoms with Crippen molar-refractivity contribution in [2.75, 3.05) is 6.54 Å². The summed E-state index contributed by atoms with van der Waals surface area (Å²) in [5, 5.41) is 16.5. The molecule has 8 heteroatoms. The Hall–Kier alpha value is -3.52. The number of hydrogen-bond acceptors (Lipinski definition) is 6. The van der Waals surface area contributed by atoms with E-state index < -0.39 is 0 Å². The van der Waals surface area contributed by atoms with E-state index in [9.17, 15) is 4.79 Å². The number of primary amides is 1. The van der Waals surface area contributed by atoms with Crippen LogP contribution in [0.2, 0.25) is 0 Å². The lowest BCUT2D eigenvalue weighted by Gasteiger charge is -2.24. The van der Waals surface area contributed by atoms with Gasteiger partial charge in [0.2, 0.25) is 11.7 Å². The fourth-order valence-corrected chi connectivity index (χ4v) is 4.23. The van der Waals surface area contributed by atoms with Crippen LogP contribution in [0.15, 0.2) is 59.8 Å². The Morgan fingerprint density at radius 3 is 2.44 bits per heavy atom. The van der Waals surface area contributed by atoms with Gasteiger partial charge in [-0.3, -0.25) is 4.79 Å². The maximum absolute atomic E-state index is 12.3. The second-order valence-electron chi connectivity index (χ2n) is 8.38. The number of nitrogens with one attached hydrogen (secondary N) is 2. The van der Waals surface area contributed by atoms with Crippen molar-refractivity contribution in [3.05, 3.63) is 65.4 Å². The number of allylic oxidation sites excluding steroid dienone is 1. The van der Waals surface area contributed by atoms with Crippen molar-refractivity contribution in [2.45, 2.75) is 39.7 Å². The zero-order valence-electron chi connectivity index (χ0n) is 18.7. The van der Waals surface area contributed by atoms with Crippen LogP contribution < -0.4 is 11.2 Å². The van der Waals surface area contributed by atoms with Crippen molar-refractivity contribution in [1.29, 1.82) is 0 Å². The molecule has 4 N–H and O–H groups in total. The van der Waals surface area contributed by atoms with Gasteiger partial charge in [-0.1, -0.05) is 69.3 Å². The molecule has 166 valence electrons. The van der Waals surface area contributed by atoms with E-state index in [1.807, 2.05) is 24.3 Å². The number of benzene rings is 2. The molecule has 4 rings (SSSR count). The van der Waals surface area contributed by atoms with Gasteiger partial charge in [0, 0.05) is 24.2 Å². The van der Waals surface area contributed by atoms with Crippen LogP contribution in [-0.2, 0) is 11.2 Å². The third-order valence-corrected chi connectivity index (χ3v) is 5.77. The van der Waals surface area contributed by atoms with Gasteiger partial charge in [0.1, 0.15) is 0 Å². The molecule has 0 radical (unpaired) electrons. The number of aromatic amines is 1. The number of carbonyl (C=O) groups is 1. The molecule has 0 saturated carbocycles. The first kappa shape index (κ1) is 21.7. The molecule has 1 atom stereocenters. The number of carbonyl (C=O) groups excluding carboxylic acids is 1. The summed E-state index contributed by atoms with van der Waals surface area (Å²) in [5.74, 6) is 0.474. The minimum Gasteiger partial charge on any atom is -0.366 e. The molecule has 0 fully saturated rings. The SMILES string of the molecule is CCCN1NC(C(C)C)C(C(N)=O)=C1Cc1ccc(-c2ccccc2-c2nn[nH]n2)cc1. The van der Waals surface area contributed by atoms with Gasteiger partial charge in [0.25, 0.3) is 0 Å². The number of hydrogen-bond donors (Lipinski definition) is 3. The van der Waals surface area contributed by atoms with E-state index in [4.69, 9.17) is 5.73 Å². The Balaban J connectivity index is 1.64. The van der Waals surface area contributed by atoms with Gasteiger partial charge < -0.3 is 10.7 Å². The third-order valence-electron chi connectivity index (χ3n) is 5.77. The van der Waals surface area contributed by atoms with Crippen molar-refractivity contribution in [3.63, 3.8) is 0 Å². The van der Waals surface area contributed by atoms with Crippen LogP contribution in [-0.4, -0.2) is 44.1 Å². The molecule has 0 spiro atoms. The van der Waals surface area contributed by atoms with Crippen LogP contribution in [0.3, 0.4) is 0 Å². The average Bonchev–Trinajstić information content (AvgIpc) is 3.44. The maximum Gasteiger partial charge on any atom is 0.248 e. The normalized spacial score (nSPS) is 16.2. The van der Waals surface area contributed by atoms with Crippen molar-refractivity contribution >= 4 is 5.91 Å². The molecular formula is C24H29N7O. The highest BCUT2D eigenvalue weighted by Crippen LogP contribution is 2.31. The van der Waals surface area contributed by atoms with Crippen molar-refractivity contribution in [3.8, 4) is 22.5 Å². The quantitative estimate of drug-likeness (QED) is 0.505. The van der Waals surface area contributed by atoms with Crippen molar-refractivity contribution < 1.29 is 4.79 Å². The Morgan fingerprint density at radius 2 is 1.84 bits per heavy atom. The standard InChI is InChI=1S/C24H29N7O/c1-4-13-31-20(21(23(25)32)22(28-31)15(2)3)14-16-9-11-17(12-10-16)18-7-5-6-8-19(18)24-26-29-30-27-24/h5-12,15,22,28H,4,13-14H2,1-3H3,(H2,25,32)(H,26,27,29,30). The van der Waals surface area contributed by atoms with E-state index in [-0.39, 0.29) is 17.9 Å². The molecule has 2 aromatic carbocycles. The summed E-state index contributed by atoms with van der Waals surface area (Å²) < 4.78 is 0. The van der Waals surface area contributed by atoms with Crippen LogP contribution in [0.5, 0.6) is 0 Å². The monoisotopic (exact) mass is 431 g/mol. The largest absolute Gasteiger partial charge is 0.366 e.